The van der Waals surface area contributed by atoms with Crippen molar-refractivity contribution in [2.24, 2.45) is 0 Å². The molecule has 0 aliphatic rings. The Morgan fingerprint density at radius 1 is 0.852 bits per heavy atom. The Hall–Kier alpha value is -2.16. The number of aromatic hydroxyl groups is 1. The topological polar surface area (TPSA) is 104 Å². The Morgan fingerprint density at radius 3 is 2.04 bits per heavy atom. The Balaban J connectivity index is 0.00000261. The third-order valence-corrected chi connectivity index (χ3v) is 4.48. The smallest absolute Gasteiger partial charge is 0.744 e. The molecule has 0 fully saturated rings. The van der Waals surface area contributed by atoms with Crippen molar-refractivity contribution in [3.8, 4) is 17.2 Å². The Bertz CT molecular complexity index is 1050. The van der Waals surface area contributed by atoms with E-state index >= 15 is 0 Å². The number of carbonyl (C=O) groups excluding carboxylic acids is 1. The van der Waals surface area contributed by atoms with Crippen LogP contribution in [0.3, 0.4) is 0 Å². The molecule has 0 unspecified atom stereocenters. The van der Waals surface area contributed by atoms with Gasteiger partial charge in [0.1, 0.15) is 15.9 Å². The summed E-state index contributed by atoms with van der Waals surface area (Å²) < 4.78 is 38.7. The van der Waals surface area contributed by atoms with Gasteiger partial charge in [-0.2, -0.15) is 0 Å². The monoisotopic (exact) mass is 392 g/mol. The van der Waals surface area contributed by atoms with Gasteiger partial charge in [-0.05, 0) is 36.4 Å². The molecule has 0 radical (unpaired) electrons. The van der Waals surface area contributed by atoms with E-state index in [-0.39, 0.29) is 46.8 Å². The van der Waals surface area contributed by atoms with Crippen molar-refractivity contribution in [1.29, 1.82) is 0 Å². The van der Waals surface area contributed by atoms with Crippen LogP contribution in [-0.2, 0) is 10.1 Å². The number of rotatable bonds is 5. The van der Waals surface area contributed by atoms with Gasteiger partial charge in [-0.1, -0.05) is 36.4 Å². The summed E-state index contributed by atoms with van der Waals surface area (Å²) >= 11 is 0. The van der Waals surface area contributed by atoms with Crippen LogP contribution in [0.2, 0.25) is 0 Å². The third kappa shape index (κ3) is 4.97. The minimum Gasteiger partial charge on any atom is -0.744 e. The molecule has 8 heteroatoms. The van der Waals surface area contributed by atoms with Crippen LogP contribution in [-0.4, -0.2) is 23.9 Å². The molecule has 3 aromatic rings. The quantitative estimate of drug-likeness (QED) is 0.381. The van der Waals surface area contributed by atoms with Gasteiger partial charge in [0, 0.05) is 11.1 Å². The van der Waals surface area contributed by atoms with Crippen LogP contribution in [0, 0.1) is 0 Å². The molecule has 132 valence electrons. The molecule has 6 nitrogen and oxygen atoms in total. The number of ether oxygens (including phenoxy) is 1. The van der Waals surface area contributed by atoms with Crippen molar-refractivity contribution in [2.45, 2.75) is 4.90 Å². The van der Waals surface area contributed by atoms with Crippen molar-refractivity contribution >= 4 is 15.9 Å². The summed E-state index contributed by atoms with van der Waals surface area (Å²) in [6.07, 6.45) is 0. The number of phenolic OH excluding ortho intramolecular Hbond substituents is 1. The van der Waals surface area contributed by atoms with Crippen LogP contribution in [0.25, 0.3) is 0 Å². The van der Waals surface area contributed by atoms with E-state index in [2.05, 4.69) is 0 Å². The minimum absolute atomic E-state index is 0. The first kappa shape index (κ1) is 21.1. The summed E-state index contributed by atoms with van der Waals surface area (Å²) in [5.74, 6) is -0.819. The zero-order valence-corrected chi connectivity index (χ0v) is 17.1. The summed E-state index contributed by atoms with van der Waals surface area (Å²) in [4.78, 5) is 11.6. The fourth-order valence-electron chi connectivity index (χ4n) is 2.34. The average molecular weight is 392 g/mol. The molecule has 0 atom stereocenters. The molecular weight excluding hydrogens is 379 g/mol. The Kier molecular flexibility index (Phi) is 6.80. The average Bonchev–Trinajstić information content (AvgIpc) is 2.63. The van der Waals surface area contributed by atoms with Gasteiger partial charge in [0.15, 0.2) is 17.3 Å². The number of hydrogen-bond donors (Lipinski definition) is 1. The van der Waals surface area contributed by atoms with E-state index in [4.69, 9.17) is 4.74 Å². The molecule has 0 bridgehead atoms. The number of ketones is 1. The molecule has 0 saturated carbocycles. The van der Waals surface area contributed by atoms with E-state index in [1.165, 1.54) is 24.3 Å². The zero-order valence-electron chi connectivity index (χ0n) is 14.3. The number of benzene rings is 3. The van der Waals surface area contributed by atoms with E-state index in [9.17, 15) is 22.9 Å². The van der Waals surface area contributed by atoms with Crippen molar-refractivity contribution in [2.75, 3.05) is 0 Å². The first-order valence-corrected chi connectivity index (χ1v) is 8.92. The predicted molar refractivity (Wildman–Crippen MR) is 92.5 cm³/mol. The summed E-state index contributed by atoms with van der Waals surface area (Å²) in [5.41, 5.74) is 0.996. The third-order valence-electron chi connectivity index (χ3n) is 3.61. The van der Waals surface area contributed by atoms with Crippen molar-refractivity contribution in [3.05, 3.63) is 83.9 Å². The SMILES string of the molecule is O=C(c1ccccc1)c1ccc(Oc2cccc(S(=O)(=O)[O-])c2O)cc1.[Na+]. The largest absolute Gasteiger partial charge is 1.00 e. The molecule has 0 heterocycles. The first-order chi connectivity index (χ1) is 12.4. The first-order valence-electron chi connectivity index (χ1n) is 7.52. The Morgan fingerprint density at radius 2 is 1.44 bits per heavy atom. The van der Waals surface area contributed by atoms with E-state index in [1.54, 1.807) is 36.4 Å². The number of carbonyl (C=O) groups is 1. The molecule has 0 aromatic heterocycles. The zero-order chi connectivity index (χ0) is 18.7. The summed E-state index contributed by atoms with van der Waals surface area (Å²) in [7, 11) is -4.82. The van der Waals surface area contributed by atoms with Crippen LogP contribution in [0.1, 0.15) is 15.9 Å². The van der Waals surface area contributed by atoms with E-state index in [0.717, 1.165) is 6.07 Å². The second-order valence-electron chi connectivity index (χ2n) is 5.38. The van der Waals surface area contributed by atoms with Gasteiger partial charge in [-0.3, -0.25) is 4.79 Å². The summed E-state index contributed by atoms with van der Waals surface area (Å²) in [5, 5.41) is 9.92. The van der Waals surface area contributed by atoms with Crippen molar-refractivity contribution in [3.63, 3.8) is 0 Å². The fraction of sp³-hybridized carbons (Fsp3) is 0. The molecule has 3 aromatic carbocycles. The standard InChI is InChI=1S/C19H14O6S.Na/c20-18(13-5-2-1-3-6-13)14-9-11-15(12-10-14)25-16-7-4-8-17(19(16)21)26(22,23)24;/h1-12,21H,(H,22,23,24);/q;+1/p-1. The molecule has 0 saturated heterocycles. The molecule has 0 spiro atoms. The molecule has 1 N–H and O–H groups in total. The van der Waals surface area contributed by atoms with E-state index in [0.29, 0.717) is 11.1 Å². The van der Waals surface area contributed by atoms with Crippen LogP contribution in [0.15, 0.2) is 77.7 Å². The van der Waals surface area contributed by atoms with Gasteiger partial charge >= 0.3 is 29.6 Å². The van der Waals surface area contributed by atoms with E-state index < -0.39 is 20.8 Å². The maximum absolute atomic E-state index is 12.3. The molecule has 0 aliphatic heterocycles. The maximum atomic E-state index is 12.3. The van der Waals surface area contributed by atoms with Crippen molar-refractivity contribution < 1.29 is 57.2 Å². The van der Waals surface area contributed by atoms with Crippen LogP contribution in [0.4, 0.5) is 0 Å². The summed E-state index contributed by atoms with van der Waals surface area (Å²) in [6, 6.07) is 18.5. The molecule has 0 amide bonds. The fourth-order valence-corrected chi connectivity index (χ4v) is 2.93. The van der Waals surface area contributed by atoms with Gasteiger partial charge in [0.2, 0.25) is 0 Å². The number of phenols is 1. The maximum Gasteiger partial charge on any atom is 1.00 e. The summed E-state index contributed by atoms with van der Waals surface area (Å²) in [6.45, 7) is 0. The van der Waals surface area contributed by atoms with Gasteiger partial charge in [-0.25, -0.2) is 8.42 Å². The Labute approximate surface area is 178 Å². The van der Waals surface area contributed by atoms with Crippen LogP contribution >= 0.6 is 0 Å². The van der Waals surface area contributed by atoms with Gasteiger partial charge in [-0.15, -0.1) is 0 Å². The molecular formula is C19H13NaO6S. The van der Waals surface area contributed by atoms with Crippen LogP contribution in [0.5, 0.6) is 17.2 Å². The molecule has 0 aliphatic carbocycles. The second-order valence-corrected chi connectivity index (χ2v) is 6.73. The molecule has 27 heavy (non-hydrogen) atoms. The van der Waals surface area contributed by atoms with Crippen LogP contribution < -0.4 is 34.3 Å². The second kappa shape index (κ2) is 8.69. The molecule has 3 rings (SSSR count). The van der Waals surface area contributed by atoms with E-state index in [1.807, 2.05) is 6.07 Å². The number of hydrogen-bond acceptors (Lipinski definition) is 6. The predicted octanol–water partition coefficient (Wildman–Crippen LogP) is 0.324. The van der Waals surface area contributed by atoms with Crippen molar-refractivity contribution in [1.82, 2.24) is 0 Å². The van der Waals surface area contributed by atoms with Gasteiger partial charge < -0.3 is 14.4 Å². The van der Waals surface area contributed by atoms with Gasteiger partial charge in [0.05, 0.1) is 4.90 Å². The van der Waals surface area contributed by atoms with Gasteiger partial charge in [0.25, 0.3) is 0 Å². The number of para-hydroxylation sites is 1. The minimum atomic E-state index is -4.82. The normalized spacial score (nSPS) is 10.7.